The quantitative estimate of drug-likeness (QED) is 0.809. The largest absolute Gasteiger partial charge is 0.385 e. The first kappa shape index (κ1) is 14.3. The predicted molar refractivity (Wildman–Crippen MR) is 73.2 cm³/mol. The van der Waals surface area contributed by atoms with E-state index in [9.17, 15) is 5.11 Å². The maximum absolute atomic E-state index is 10.0. The number of anilines is 1. The van der Waals surface area contributed by atoms with Crippen molar-refractivity contribution in [2.45, 2.75) is 51.3 Å². The van der Waals surface area contributed by atoms with Gasteiger partial charge in [-0.2, -0.15) is 0 Å². The molecular formula is C13H24N4O2. The van der Waals surface area contributed by atoms with Gasteiger partial charge in [-0.3, -0.25) is 4.57 Å². The van der Waals surface area contributed by atoms with Crippen molar-refractivity contribution in [3.05, 3.63) is 5.82 Å². The van der Waals surface area contributed by atoms with Crippen molar-refractivity contribution in [2.75, 3.05) is 25.7 Å². The van der Waals surface area contributed by atoms with Crippen LogP contribution in [-0.4, -0.2) is 46.7 Å². The van der Waals surface area contributed by atoms with Gasteiger partial charge in [0.15, 0.2) is 5.82 Å². The smallest absolute Gasteiger partial charge is 0.227 e. The van der Waals surface area contributed by atoms with Gasteiger partial charge in [-0.25, -0.2) is 0 Å². The molecular weight excluding hydrogens is 244 g/mol. The molecule has 6 heteroatoms. The van der Waals surface area contributed by atoms with Gasteiger partial charge in [0, 0.05) is 20.2 Å². The highest BCUT2D eigenvalue weighted by Gasteiger charge is 2.27. The number of ether oxygens (including phenoxy) is 1. The van der Waals surface area contributed by atoms with Crippen LogP contribution >= 0.6 is 0 Å². The molecule has 1 fully saturated rings. The topological polar surface area (TPSA) is 63.4 Å². The van der Waals surface area contributed by atoms with E-state index in [2.05, 4.69) is 22.1 Å². The van der Waals surface area contributed by atoms with Crippen molar-refractivity contribution in [1.82, 2.24) is 14.8 Å². The first-order chi connectivity index (χ1) is 9.19. The molecule has 0 amide bonds. The van der Waals surface area contributed by atoms with Crippen LogP contribution in [0.3, 0.4) is 0 Å². The monoisotopic (exact) mass is 268 g/mol. The molecule has 1 aliphatic rings. The zero-order valence-corrected chi connectivity index (χ0v) is 12.0. The second kappa shape index (κ2) is 6.34. The van der Waals surface area contributed by atoms with E-state index in [1.807, 2.05) is 11.5 Å². The van der Waals surface area contributed by atoms with Crippen molar-refractivity contribution < 1.29 is 9.84 Å². The number of hydrogen-bond acceptors (Lipinski definition) is 5. The fourth-order valence-electron chi connectivity index (χ4n) is 2.33. The summed E-state index contributed by atoms with van der Waals surface area (Å²) >= 11 is 0. The minimum absolute atomic E-state index is 0.553. The van der Waals surface area contributed by atoms with Crippen LogP contribution in [0.2, 0.25) is 0 Å². The third-order valence-corrected chi connectivity index (χ3v) is 3.90. The number of methoxy groups -OCH3 is 1. The molecule has 6 nitrogen and oxygen atoms in total. The summed E-state index contributed by atoms with van der Waals surface area (Å²) < 4.78 is 7.12. The van der Waals surface area contributed by atoms with Crippen LogP contribution in [0.15, 0.2) is 0 Å². The Balaban J connectivity index is 2.22. The molecule has 0 unspecified atom stereocenters. The summed E-state index contributed by atoms with van der Waals surface area (Å²) in [5.74, 6) is 1.48. The predicted octanol–water partition coefficient (Wildman–Crippen LogP) is 1.36. The van der Waals surface area contributed by atoms with Gasteiger partial charge in [0.2, 0.25) is 5.95 Å². The molecule has 1 saturated carbocycles. The minimum Gasteiger partial charge on any atom is -0.385 e. The van der Waals surface area contributed by atoms with E-state index in [1.165, 1.54) is 19.3 Å². The molecule has 1 heterocycles. The summed E-state index contributed by atoms with van der Waals surface area (Å²) in [6.45, 7) is 3.20. The minimum atomic E-state index is -0.562. The van der Waals surface area contributed by atoms with Crippen LogP contribution in [0.4, 0.5) is 5.95 Å². The van der Waals surface area contributed by atoms with Crippen LogP contribution in [-0.2, 0) is 11.3 Å². The van der Waals surface area contributed by atoms with Crippen molar-refractivity contribution in [1.29, 1.82) is 0 Å². The van der Waals surface area contributed by atoms with E-state index in [1.54, 1.807) is 7.11 Å². The highest BCUT2D eigenvalue weighted by Crippen LogP contribution is 2.28. The first-order valence-corrected chi connectivity index (χ1v) is 7.02. The van der Waals surface area contributed by atoms with Gasteiger partial charge in [-0.1, -0.05) is 6.92 Å². The lowest BCUT2D eigenvalue weighted by Crippen LogP contribution is -2.39. The van der Waals surface area contributed by atoms with Crippen LogP contribution in [0, 0.1) is 0 Å². The van der Waals surface area contributed by atoms with Crippen molar-refractivity contribution in [2.24, 2.45) is 0 Å². The van der Waals surface area contributed by atoms with E-state index < -0.39 is 6.10 Å². The zero-order valence-electron chi connectivity index (χ0n) is 12.0. The van der Waals surface area contributed by atoms with Crippen LogP contribution in [0.25, 0.3) is 0 Å². The molecule has 19 heavy (non-hydrogen) atoms. The number of aliphatic hydroxyl groups is 1. The van der Waals surface area contributed by atoms with E-state index in [0.717, 1.165) is 5.95 Å². The number of rotatable bonds is 7. The highest BCUT2D eigenvalue weighted by atomic mass is 16.5. The number of aromatic nitrogens is 3. The SMILES string of the molecule is CC[C@@H](O)c1nnc(N(C)C2CCC2)n1CCOC. The molecule has 0 bridgehead atoms. The number of nitrogens with zero attached hydrogens (tertiary/aromatic N) is 4. The Labute approximate surface area is 114 Å². The van der Waals surface area contributed by atoms with Gasteiger partial charge in [0.05, 0.1) is 13.2 Å². The normalized spacial score (nSPS) is 17.3. The van der Waals surface area contributed by atoms with Crippen LogP contribution in [0.5, 0.6) is 0 Å². The molecule has 0 saturated heterocycles. The third-order valence-electron chi connectivity index (χ3n) is 3.90. The fourth-order valence-corrected chi connectivity index (χ4v) is 2.33. The molecule has 0 aromatic carbocycles. The molecule has 1 aliphatic carbocycles. The Bertz CT molecular complexity index is 403. The van der Waals surface area contributed by atoms with E-state index in [-0.39, 0.29) is 0 Å². The Morgan fingerprint density at radius 3 is 2.74 bits per heavy atom. The Morgan fingerprint density at radius 1 is 1.47 bits per heavy atom. The van der Waals surface area contributed by atoms with Crippen molar-refractivity contribution >= 4 is 5.95 Å². The standard InChI is InChI=1S/C13H24N4O2/c1-4-11(18)12-14-15-13(17(12)8-9-19-3)16(2)10-6-5-7-10/h10-11,18H,4-9H2,1-3H3/t11-/m1/s1. The maximum Gasteiger partial charge on any atom is 0.227 e. The molecule has 108 valence electrons. The fraction of sp³-hybridized carbons (Fsp3) is 0.846. The van der Waals surface area contributed by atoms with Crippen LogP contribution in [0.1, 0.15) is 44.5 Å². The first-order valence-electron chi connectivity index (χ1n) is 7.02. The highest BCUT2D eigenvalue weighted by molar-refractivity contribution is 5.33. The Hall–Kier alpha value is -1.14. The third kappa shape index (κ3) is 2.90. The summed E-state index contributed by atoms with van der Waals surface area (Å²) in [4.78, 5) is 2.18. The summed E-state index contributed by atoms with van der Waals surface area (Å²) in [6, 6.07) is 0.553. The van der Waals surface area contributed by atoms with E-state index in [0.29, 0.717) is 31.4 Å². The van der Waals surface area contributed by atoms with Gasteiger partial charge in [-0.05, 0) is 25.7 Å². The van der Waals surface area contributed by atoms with E-state index >= 15 is 0 Å². The van der Waals surface area contributed by atoms with Gasteiger partial charge in [0.25, 0.3) is 0 Å². The van der Waals surface area contributed by atoms with Gasteiger partial charge in [-0.15, -0.1) is 10.2 Å². The molecule has 1 atom stereocenters. The second-order valence-corrected chi connectivity index (χ2v) is 5.12. The number of aliphatic hydroxyl groups excluding tert-OH is 1. The second-order valence-electron chi connectivity index (χ2n) is 5.12. The van der Waals surface area contributed by atoms with Crippen LogP contribution < -0.4 is 4.90 Å². The lowest BCUT2D eigenvalue weighted by Gasteiger charge is -2.35. The molecule has 0 aliphatic heterocycles. The molecule has 1 aromatic rings. The molecule has 1 N–H and O–H groups in total. The summed E-state index contributed by atoms with van der Waals surface area (Å²) in [5, 5.41) is 18.5. The number of hydrogen-bond donors (Lipinski definition) is 1. The summed E-state index contributed by atoms with van der Waals surface area (Å²) in [5.41, 5.74) is 0. The maximum atomic E-state index is 10.0. The van der Waals surface area contributed by atoms with E-state index in [4.69, 9.17) is 4.74 Å². The lowest BCUT2D eigenvalue weighted by molar-refractivity contribution is 0.149. The summed E-state index contributed by atoms with van der Waals surface area (Å²) in [6.07, 6.45) is 3.77. The van der Waals surface area contributed by atoms with Gasteiger partial charge in [0.1, 0.15) is 6.10 Å². The molecule has 2 rings (SSSR count). The van der Waals surface area contributed by atoms with Gasteiger partial charge >= 0.3 is 0 Å². The average molecular weight is 268 g/mol. The molecule has 1 aromatic heterocycles. The van der Waals surface area contributed by atoms with Crippen molar-refractivity contribution in [3.63, 3.8) is 0 Å². The average Bonchev–Trinajstić information content (AvgIpc) is 2.76. The Kier molecular flexibility index (Phi) is 4.76. The molecule has 0 spiro atoms. The van der Waals surface area contributed by atoms with Crippen molar-refractivity contribution in [3.8, 4) is 0 Å². The summed E-state index contributed by atoms with van der Waals surface area (Å²) in [7, 11) is 3.73. The zero-order chi connectivity index (χ0) is 13.8. The lowest BCUT2D eigenvalue weighted by atomic mass is 9.92. The molecule has 0 radical (unpaired) electrons. The Morgan fingerprint density at radius 2 is 2.21 bits per heavy atom. The van der Waals surface area contributed by atoms with Gasteiger partial charge < -0.3 is 14.7 Å².